The van der Waals surface area contributed by atoms with E-state index in [2.05, 4.69) is 59.0 Å². The first-order chi connectivity index (χ1) is 22.3. The zero-order chi connectivity index (χ0) is 31.8. The van der Waals surface area contributed by atoms with Gasteiger partial charge in [-0.15, -0.1) is 11.8 Å². The largest absolute Gasteiger partial charge is 0.480 e. The molecule has 7 rings (SSSR count). The van der Waals surface area contributed by atoms with Gasteiger partial charge in [-0.2, -0.15) is 15.0 Å². The van der Waals surface area contributed by atoms with Crippen LogP contribution in [0.15, 0.2) is 30.3 Å². The molecular weight excluding hydrogens is 598 g/mol. The molecular formula is C35H49N7O3S. The summed E-state index contributed by atoms with van der Waals surface area (Å²) in [6.45, 7) is 8.50. The Morgan fingerprint density at radius 3 is 2.57 bits per heavy atom. The first-order valence-electron chi connectivity index (χ1n) is 17.3. The monoisotopic (exact) mass is 647 g/mol. The van der Waals surface area contributed by atoms with Crippen LogP contribution in [-0.4, -0.2) is 80.5 Å². The number of anilines is 3. The Bertz CT molecular complexity index is 1520. The van der Waals surface area contributed by atoms with Crippen LogP contribution in [0.2, 0.25) is 0 Å². The van der Waals surface area contributed by atoms with Crippen molar-refractivity contribution in [1.29, 1.82) is 0 Å². The second-order valence-electron chi connectivity index (χ2n) is 14.2. The van der Waals surface area contributed by atoms with Crippen molar-refractivity contribution in [2.24, 2.45) is 17.8 Å². The summed E-state index contributed by atoms with van der Waals surface area (Å²) in [5, 5.41) is 14.0. The number of aliphatic carboxylic acids is 1. The third-order valence-electron chi connectivity index (χ3n) is 11.2. The van der Waals surface area contributed by atoms with Crippen molar-refractivity contribution in [3.05, 3.63) is 35.9 Å². The van der Waals surface area contributed by atoms with Gasteiger partial charge in [0.1, 0.15) is 10.3 Å². The number of hydrogen-bond donors (Lipinski definition) is 2. The molecule has 0 amide bonds. The number of benzene rings is 1. The van der Waals surface area contributed by atoms with Gasteiger partial charge in [-0.1, -0.05) is 56.5 Å². The topological polar surface area (TPSA) is 109 Å². The van der Waals surface area contributed by atoms with Gasteiger partial charge in [0.15, 0.2) is 11.5 Å². The van der Waals surface area contributed by atoms with Crippen molar-refractivity contribution >= 4 is 46.6 Å². The first-order valence-corrected chi connectivity index (χ1v) is 18.6. The molecule has 0 bridgehead atoms. The van der Waals surface area contributed by atoms with Gasteiger partial charge in [0.2, 0.25) is 11.9 Å². The van der Waals surface area contributed by atoms with E-state index in [0.717, 1.165) is 36.3 Å². The molecule has 10 nitrogen and oxygen atoms in total. The van der Waals surface area contributed by atoms with Crippen LogP contribution in [0.1, 0.15) is 76.8 Å². The summed E-state index contributed by atoms with van der Waals surface area (Å²) < 4.78 is 7.61. The number of carboxylic acid groups (broad SMARTS) is 1. The van der Waals surface area contributed by atoms with Crippen LogP contribution in [0.3, 0.4) is 0 Å². The van der Waals surface area contributed by atoms with Crippen molar-refractivity contribution in [2.45, 2.75) is 88.6 Å². The van der Waals surface area contributed by atoms with E-state index < -0.39 is 10.7 Å². The van der Waals surface area contributed by atoms with E-state index in [0.29, 0.717) is 56.2 Å². The minimum absolute atomic E-state index is 0.0472. The van der Waals surface area contributed by atoms with Gasteiger partial charge >= 0.3 is 5.97 Å². The highest BCUT2D eigenvalue weighted by Gasteiger charge is 2.45. The predicted molar refractivity (Wildman–Crippen MR) is 185 cm³/mol. The second kappa shape index (κ2) is 13.2. The van der Waals surface area contributed by atoms with E-state index in [9.17, 15) is 9.90 Å². The van der Waals surface area contributed by atoms with Gasteiger partial charge in [0.05, 0.1) is 19.3 Å². The average Bonchev–Trinajstić information content (AvgIpc) is 3.65. The van der Waals surface area contributed by atoms with Crippen LogP contribution in [0.5, 0.6) is 0 Å². The smallest absolute Gasteiger partial charge is 0.321 e. The lowest BCUT2D eigenvalue weighted by Crippen LogP contribution is -2.41. The third kappa shape index (κ3) is 6.05. The number of thioether (sulfide) groups is 1. The number of carboxylic acids is 1. The van der Waals surface area contributed by atoms with Crippen molar-refractivity contribution in [3.63, 3.8) is 0 Å². The van der Waals surface area contributed by atoms with E-state index in [4.69, 9.17) is 19.7 Å². The standard InChI is InChI=1S/C35H49N7O3S/c1-23-12-14-25(15-13-23)20-42-29-30(36-24(2)26-10-7-11-26)37-33(40-17-16-35(22-40,46-3)32(43)44)38-31(29)39-34(42)41-18-19-45-21-28(41)27-8-5-4-6-9-27/h4-6,8-9,23-26,28H,7,10-22H2,1-3H3,(H,43,44)(H,36,37,38)/t23?,24-,25?,28+,35?/m1/s1. The summed E-state index contributed by atoms with van der Waals surface area (Å²) in [7, 11) is 0. The van der Waals surface area contributed by atoms with Gasteiger partial charge in [-0.05, 0) is 68.6 Å². The number of morpholine rings is 1. The predicted octanol–water partition coefficient (Wildman–Crippen LogP) is 6.23. The summed E-state index contributed by atoms with van der Waals surface area (Å²) in [5.41, 5.74) is 2.87. The quantitative estimate of drug-likeness (QED) is 0.263. The molecule has 46 heavy (non-hydrogen) atoms. The lowest BCUT2D eigenvalue weighted by Gasteiger charge is -2.37. The van der Waals surface area contributed by atoms with Gasteiger partial charge in [0, 0.05) is 32.2 Å². The number of nitrogens with one attached hydrogen (secondary N) is 1. The molecule has 2 saturated carbocycles. The highest BCUT2D eigenvalue weighted by Crippen LogP contribution is 2.40. The Morgan fingerprint density at radius 1 is 1.11 bits per heavy atom. The maximum Gasteiger partial charge on any atom is 0.321 e. The first kappa shape index (κ1) is 31.5. The summed E-state index contributed by atoms with van der Waals surface area (Å²) in [5.74, 6) is 3.52. The fourth-order valence-corrected chi connectivity index (χ4v) is 8.62. The molecule has 2 saturated heterocycles. The molecule has 2 aromatic heterocycles. The Labute approximate surface area is 276 Å². The molecule has 2 aliphatic heterocycles. The molecule has 248 valence electrons. The lowest BCUT2D eigenvalue weighted by molar-refractivity contribution is -0.139. The second-order valence-corrected chi connectivity index (χ2v) is 15.4. The number of aromatic nitrogens is 4. The molecule has 3 atom stereocenters. The van der Waals surface area contributed by atoms with Gasteiger partial charge in [-0.25, -0.2) is 0 Å². The molecule has 2 aliphatic carbocycles. The Balaban J connectivity index is 1.35. The lowest BCUT2D eigenvalue weighted by atomic mass is 9.80. The van der Waals surface area contributed by atoms with E-state index in [-0.39, 0.29) is 12.1 Å². The number of rotatable bonds is 10. The van der Waals surface area contributed by atoms with E-state index in [1.807, 2.05) is 11.2 Å². The molecule has 2 N–H and O–H groups in total. The molecule has 3 aromatic rings. The maximum atomic E-state index is 12.3. The molecule has 4 aliphatic rings. The van der Waals surface area contributed by atoms with Gasteiger partial charge in [0.25, 0.3) is 0 Å². The van der Waals surface area contributed by atoms with Crippen LogP contribution in [0.4, 0.5) is 17.7 Å². The number of imidazole rings is 1. The summed E-state index contributed by atoms with van der Waals surface area (Å²) >= 11 is 1.41. The Hall–Kier alpha value is -3.05. The van der Waals surface area contributed by atoms with Crippen molar-refractivity contribution in [3.8, 4) is 0 Å². The highest BCUT2D eigenvalue weighted by molar-refractivity contribution is 8.00. The van der Waals surface area contributed by atoms with Gasteiger partial charge < -0.3 is 29.5 Å². The van der Waals surface area contributed by atoms with E-state index in [1.54, 1.807) is 0 Å². The molecule has 4 fully saturated rings. The summed E-state index contributed by atoms with van der Waals surface area (Å²) in [6.07, 6.45) is 11.1. The zero-order valence-electron chi connectivity index (χ0n) is 27.5. The average molecular weight is 648 g/mol. The molecule has 4 heterocycles. The number of fused-ring (bicyclic) bond motifs is 1. The summed E-state index contributed by atoms with van der Waals surface area (Å²) in [6, 6.07) is 10.9. The fraction of sp³-hybridized carbons (Fsp3) is 0.657. The number of carbonyl (C=O) groups is 1. The highest BCUT2D eigenvalue weighted by atomic mass is 32.2. The molecule has 0 radical (unpaired) electrons. The van der Waals surface area contributed by atoms with Crippen LogP contribution in [-0.2, 0) is 16.1 Å². The molecule has 1 unspecified atom stereocenters. The SMILES string of the molecule is CSC1(C(=O)O)CCN(c2nc(N[C@H](C)C3CCC3)c3c(n2)nc(N2CCOC[C@H]2c2ccccc2)n3CC2CCC(C)CC2)C1. The summed E-state index contributed by atoms with van der Waals surface area (Å²) in [4.78, 5) is 32.5. The fourth-order valence-electron chi connectivity index (χ4n) is 7.87. The normalized spacial score (nSPS) is 27.9. The van der Waals surface area contributed by atoms with E-state index >= 15 is 0 Å². The van der Waals surface area contributed by atoms with Crippen LogP contribution < -0.4 is 15.1 Å². The number of hydrogen-bond acceptors (Lipinski definition) is 9. The Morgan fingerprint density at radius 2 is 1.89 bits per heavy atom. The number of nitrogens with zero attached hydrogens (tertiary/aromatic N) is 6. The Kier molecular flexibility index (Phi) is 9.06. The van der Waals surface area contributed by atoms with Crippen molar-refractivity contribution in [2.75, 3.05) is 54.2 Å². The van der Waals surface area contributed by atoms with Gasteiger partial charge in [-0.3, -0.25) is 4.79 Å². The van der Waals surface area contributed by atoms with E-state index in [1.165, 1.54) is 62.3 Å². The van der Waals surface area contributed by atoms with Crippen LogP contribution >= 0.6 is 11.8 Å². The van der Waals surface area contributed by atoms with Crippen LogP contribution in [0, 0.1) is 17.8 Å². The molecule has 11 heteroatoms. The minimum Gasteiger partial charge on any atom is -0.480 e. The van der Waals surface area contributed by atoms with Crippen molar-refractivity contribution < 1.29 is 14.6 Å². The maximum absolute atomic E-state index is 12.3. The third-order valence-corrected chi connectivity index (χ3v) is 12.5. The minimum atomic E-state index is -0.857. The number of ether oxygens (including phenoxy) is 1. The molecule has 1 aromatic carbocycles. The molecule has 0 spiro atoms. The van der Waals surface area contributed by atoms with Crippen LogP contribution in [0.25, 0.3) is 11.2 Å². The zero-order valence-corrected chi connectivity index (χ0v) is 28.3. The van der Waals surface area contributed by atoms with Crippen molar-refractivity contribution in [1.82, 2.24) is 19.5 Å².